The number of thiazole rings is 1. The van der Waals surface area contributed by atoms with Gasteiger partial charge in [-0.15, -0.1) is 41.3 Å². The number of terminal acetylenes is 1. The summed E-state index contributed by atoms with van der Waals surface area (Å²) in [6, 6.07) is -0.983. The van der Waals surface area contributed by atoms with Gasteiger partial charge in [0.05, 0.1) is 5.03 Å². The molecule has 1 fully saturated rings. The molecule has 0 saturated carbocycles. The maximum absolute atomic E-state index is 13.1. The molecule has 3 aliphatic rings. The Bertz CT molecular complexity index is 1350. The second-order valence-electron chi connectivity index (χ2n) is 8.15. The van der Waals surface area contributed by atoms with E-state index >= 15 is 0 Å². The zero-order chi connectivity index (χ0) is 28.3. The number of guanidine groups is 1. The molecule has 3 atom stereocenters. The molecule has 1 unspecified atom stereocenters. The van der Waals surface area contributed by atoms with Crippen molar-refractivity contribution in [1.82, 2.24) is 20.1 Å². The molecule has 0 aromatic carbocycles. The van der Waals surface area contributed by atoms with Gasteiger partial charge >= 0.3 is 5.97 Å². The van der Waals surface area contributed by atoms with Gasteiger partial charge in [0.25, 0.3) is 11.8 Å². The van der Waals surface area contributed by atoms with E-state index in [1.165, 1.54) is 33.8 Å². The van der Waals surface area contributed by atoms with Crippen LogP contribution in [0, 0.1) is 12.3 Å². The number of carbonyl (C=O) groups is 3. The molecule has 3 aliphatic heterocycles. The highest BCUT2D eigenvalue weighted by Crippen LogP contribution is 2.41. The van der Waals surface area contributed by atoms with E-state index in [1.807, 2.05) is 6.92 Å². The van der Waals surface area contributed by atoms with E-state index in [9.17, 15) is 19.5 Å². The topological polar surface area (TPSA) is 215 Å². The van der Waals surface area contributed by atoms with Crippen LogP contribution in [-0.2, 0) is 19.2 Å². The van der Waals surface area contributed by atoms with Crippen LogP contribution >= 0.6 is 34.9 Å². The van der Waals surface area contributed by atoms with Crippen molar-refractivity contribution in [3.05, 3.63) is 33.4 Å². The Morgan fingerprint density at radius 1 is 1.44 bits per heavy atom. The number of aliphatic carboxylic acids is 1. The van der Waals surface area contributed by atoms with Gasteiger partial charge in [-0.05, 0) is 18.6 Å². The van der Waals surface area contributed by atoms with Crippen molar-refractivity contribution in [3.63, 3.8) is 0 Å². The van der Waals surface area contributed by atoms with Gasteiger partial charge in [-0.25, -0.2) is 14.8 Å². The van der Waals surface area contributed by atoms with Crippen LogP contribution in [0.4, 0.5) is 5.13 Å². The molecular formula is C22H25N9O5S3. The summed E-state index contributed by atoms with van der Waals surface area (Å²) in [6.45, 7) is 2.31. The number of aromatic nitrogens is 1. The van der Waals surface area contributed by atoms with Gasteiger partial charge in [-0.3, -0.25) is 14.5 Å². The number of amides is 2. The fourth-order valence-electron chi connectivity index (χ4n) is 3.96. The molecule has 17 heteroatoms. The highest BCUT2D eigenvalue weighted by atomic mass is 32.2. The van der Waals surface area contributed by atoms with E-state index < -0.39 is 35.4 Å². The third kappa shape index (κ3) is 5.83. The number of nitrogens with zero attached hydrogens (tertiary/aromatic N) is 5. The van der Waals surface area contributed by atoms with E-state index in [0.29, 0.717) is 22.9 Å². The lowest BCUT2D eigenvalue weighted by Gasteiger charge is -2.49. The number of carbonyl (C=O) groups excluding carboxylic acids is 2. The molecule has 14 nitrogen and oxygen atoms in total. The smallest absolute Gasteiger partial charge is 0.352 e. The van der Waals surface area contributed by atoms with Crippen molar-refractivity contribution < 1.29 is 24.3 Å². The van der Waals surface area contributed by atoms with Crippen molar-refractivity contribution in [2.45, 2.75) is 24.5 Å². The van der Waals surface area contributed by atoms with Crippen LogP contribution in [0.2, 0.25) is 0 Å². The van der Waals surface area contributed by atoms with Gasteiger partial charge in [-0.1, -0.05) is 11.1 Å². The molecule has 1 aromatic heterocycles. The van der Waals surface area contributed by atoms with Crippen molar-refractivity contribution in [3.8, 4) is 12.3 Å². The first-order valence-electron chi connectivity index (χ1n) is 11.4. The molecule has 4 rings (SSSR count). The van der Waals surface area contributed by atoms with Gasteiger partial charge in [0, 0.05) is 23.4 Å². The molecule has 39 heavy (non-hydrogen) atoms. The predicted octanol–water partition coefficient (Wildman–Crippen LogP) is -0.673. The number of thioether (sulfide) groups is 2. The maximum atomic E-state index is 13.1. The van der Waals surface area contributed by atoms with Crippen molar-refractivity contribution in [2.24, 2.45) is 21.6 Å². The third-order valence-corrected chi connectivity index (χ3v) is 8.78. The Balaban J connectivity index is 1.47. The number of anilines is 1. The van der Waals surface area contributed by atoms with Crippen LogP contribution in [-0.4, -0.2) is 91.6 Å². The zero-order valence-corrected chi connectivity index (χ0v) is 23.0. The van der Waals surface area contributed by atoms with Crippen LogP contribution in [0.3, 0.4) is 0 Å². The number of rotatable bonds is 10. The Morgan fingerprint density at radius 3 is 2.82 bits per heavy atom. The maximum Gasteiger partial charge on any atom is 0.352 e. The zero-order valence-electron chi connectivity index (χ0n) is 20.6. The molecule has 8 N–H and O–H groups in total. The normalized spacial score (nSPS) is 22.8. The summed E-state index contributed by atoms with van der Waals surface area (Å²) in [5.74, 6) is 0.546. The monoisotopic (exact) mass is 591 g/mol. The minimum absolute atomic E-state index is 0.117. The van der Waals surface area contributed by atoms with Gasteiger partial charge in [0.2, 0.25) is 0 Å². The summed E-state index contributed by atoms with van der Waals surface area (Å²) in [5, 5.41) is 18.0. The molecule has 4 heterocycles. The third-order valence-electron chi connectivity index (χ3n) is 5.75. The number of aliphatic imine (C=N–C) groups is 1. The first-order valence-corrected chi connectivity index (χ1v) is 14.3. The standard InChI is InChI=1S/C22H25N9O5S3/c1-3-5-36-29-14(11-9-39-22(25)26-11)17(32)28-15-18(33)31-16(20(34)35)10(8-38-19(15)31)7-37-13-6-12(23)30(4-2)21(24)27-13/h1,6,9,12,15,19H,4-5,7-8,23H2,2H3,(H2,24,27)(H2,25,26)(H,28,32)(H,34,35)/b29-14-/t12?,15-,19-/m1/s1. The molecule has 0 bridgehead atoms. The average Bonchev–Trinajstić information content (AvgIpc) is 3.33. The van der Waals surface area contributed by atoms with Crippen LogP contribution in [0.15, 0.2) is 37.9 Å². The molecule has 0 aliphatic carbocycles. The van der Waals surface area contributed by atoms with Crippen LogP contribution in [0.5, 0.6) is 0 Å². The van der Waals surface area contributed by atoms with E-state index in [2.05, 4.69) is 26.4 Å². The summed E-state index contributed by atoms with van der Waals surface area (Å²) >= 11 is 3.71. The highest BCUT2D eigenvalue weighted by molar-refractivity contribution is 8.03. The quantitative estimate of drug-likeness (QED) is 0.0753. The number of nitrogen functional groups attached to an aromatic ring is 1. The lowest BCUT2D eigenvalue weighted by Crippen LogP contribution is -2.71. The summed E-state index contributed by atoms with van der Waals surface area (Å²) in [7, 11) is 0. The first kappa shape index (κ1) is 28.3. The fraction of sp³-hybridized carbons (Fsp3) is 0.364. The Hall–Kier alpha value is -3.72. The number of likely N-dealkylation sites (N-methyl/N-ethyl adjacent to an activating group) is 1. The summed E-state index contributed by atoms with van der Waals surface area (Å²) in [4.78, 5) is 54.5. The second kappa shape index (κ2) is 12.0. The minimum Gasteiger partial charge on any atom is -0.477 e. The number of carboxylic acids is 1. The summed E-state index contributed by atoms with van der Waals surface area (Å²) in [6.07, 6.45) is 6.46. The summed E-state index contributed by atoms with van der Waals surface area (Å²) < 4.78 is 0. The average molecular weight is 592 g/mol. The van der Waals surface area contributed by atoms with E-state index in [4.69, 9.17) is 28.5 Å². The number of fused-ring (bicyclic) bond motifs is 1. The molecule has 1 aromatic rings. The first-order chi connectivity index (χ1) is 18.7. The number of hydrogen-bond donors (Lipinski definition) is 5. The van der Waals surface area contributed by atoms with Crippen LogP contribution < -0.4 is 22.5 Å². The predicted molar refractivity (Wildman–Crippen MR) is 150 cm³/mol. The Labute approximate surface area is 235 Å². The molecule has 0 spiro atoms. The second-order valence-corrected chi connectivity index (χ2v) is 11.1. The van der Waals surface area contributed by atoms with Crippen LogP contribution in [0.25, 0.3) is 0 Å². The molecular weight excluding hydrogens is 567 g/mol. The van der Waals surface area contributed by atoms with Gasteiger partial charge in [0.15, 0.2) is 23.4 Å². The molecule has 1 saturated heterocycles. The fourth-order valence-corrected chi connectivity index (χ4v) is 6.93. The number of oxime groups is 1. The highest BCUT2D eigenvalue weighted by Gasteiger charge is 2.54. The van der Waals surface area contributed by atoms with Gasteiger partial charge in [0.1, 0.15) is 29.0 Å². The molecule has 206 valence electrons. The number of carboxylic acid groups (broad SMARTS) is 1. The van der Waals surface area contributed by atoms with Crippen molar-refractivity contribution >= 4 is 69.4 Å². The number of hydrogen-bond acceptors (Lipinski definition) is 14. The number of nitrogens with two attached hydrogens (primary N) is 3. The van der Waals surface area contributed by atoms with E-state index in [0.717, 1.165) is 11.3 Å². The largest absolute Gasteiger partial charge is 0.477 e. The number of nitrogens with one attached hydrogen (secondary N) is 1. The van der Waals surface area contributed by atoms with E-state index in [1.54, 1.807) is 11.0 Å². The Kier molecular flexibility index (Phi) is 8.70. The summed E-state index contributed by atoms with van der Waals surface area (Å²) in [5.41, 5.74) is 18.1. The van der Waals surface area contributed by atoms with E-state index in [-0.39, 0.29) is 40.6 Å². The molecule has 2 amide bonds. The van der Waals surface area contributed by atoms with Gasteiger partial charge < -0.3 is 37.4 Å². The minimum atomic E-state index is -1.24. The number of β-lactam (4-membered cyclic amide) rings is 1. The van der Waals surface area contributed by atoms with Crippen molar-refractivity contribution in [2.75, 3.05) is 30.4 Å². The lowest BCUT2D eigenvalue weighted by molar-refractivity contribution is -0.150. The van der Waals surface area contributed by atoms with Crippen LogP contribution in [0.1, 0.15) is 12.6 Å². The van der Waals surface area contributed by atoms with Gasteiger partial charge in [-0.2, -0.15) is 0 Å². The van der Waals surface area contributed by atoms with Crippen molar-refractivity contribution in [1.29, 1.82) is 0 Å². The lowest BCUT2D eigenvalue weighted by atomic mass is 10.0. The molecule has 0 radical (unpaired) electrons. The SMILES string of the molecule is C#CCO/N=C(\C(=O)N[C@@H]1C(=O)N2C(C(=O)O)=C(CSC3=CC(N)N(CC)C(N)=N3)CS[C@H]12)c1csc(N)n1. The Morgan fingerprint density at radius 2 is 2.21 bits per heavy atom.